The summed E-state index contributed by atoms with van der Waals surface area (Å²) in [6, 6.07) is 1.34. The molecule has 0 spiro atoms. The van der Waals surface area contributed by atoms with Crippen molar-refractivity contribution in [1.82, 2.24) is 14.9 Å². The van der Waals surface area contributed by atoms with Gasteiger partial charge in [0.25, 0.3) is 5.56 Å². The zero-order valence-corrected chi connectivity index (χ0v) is 11.9. The second-order valence-electron chi connectivity index (χ2n) is 5.04. The van der Waals surface area contributed by atoms with Crippen LogP contribution < -0.4 is 10.9 Å². The first-order chi connectivity index (χ1) is 9.74. The van der Waals surface area contributed by atoms with Crippen LogP contribution in [-0.2, 0) is 9.53 Å². The number of carbonyl (C=O) groups is 1. The first-order valence-electron chi connectivity index (χ1n) is 6.82. The van der Waals surface area contributed by atoms with E-state index in [4.69, 9.17) is 4.74 Å². The molecule has 7 heteroatoms. The molecule has 3 heterocycles. The number of nitrogens with zero attached hydrogens (tertiary/aromatic N) is 2. The van der Waals surface area contributed by atoms with Crippen LogP contribution in [0.5, 0.6) is 0 Å². The summed E-state index contributed by atoms with van der Waals surface area (Å²) in [5.74, 6) is 0.689. The number of carbonyl (C=O) groups excluding carboxylic acids is 1. The van der Waals surface area contributed by atoms with Crippen molar-refractivity contribution >= 4 is 17.7 Å². The summed E-state index contributed by atoms with van der Waals surface area (Å²) in [5.41, 5.74) is -0.0862. The highest BCUT2D eigenvalue weighted by molar-refractivity contribution is 7.99. The van der Waals surface area contributed by atoms with Crippen molar-refractivity contribution in [3.63, 3.8) is 0 Å². The Balaban J connectivity index is 1.57. The first kappa shape index (κ1) is 13.6. The lowest BCUT2D eigenvalue weighted by Gasteiger charge is -2.14. The van der Waals surface area contributed by atoms with E-state index in [9.17, 15) is 9.59 Å². The number of thioether (sulfide) groups is 1. The standard InChI is InChI=1S/C13H17N3O3S/c17-11(15-7-10-2-1-5-19-10)6-9-8-20-13-14-4-3-12(18)16(9)13/h3-4,9-10H,1-2,5-8H2,(H,15,17)/t9-,10-/m0/s1. The number of amides is 1. The third kappa shape index (κ3) is 2.88. The lowest BCUT2D eigenvalue weighted by atomic mass is 10.2. The Labute approximate surface area is 120 Å². The Morgan fingerprint density at radius 3 is 3.30 bits per heavy atom. The zero-order valence-electron chi connectivity index (χ0n) is 11.1. The molecule has 1 amide bonds. The van der Waals surface area contributed by atoms with Crippen LogP contribution in [0.4, 0.5) is 0 Å². The van der Waals surface area contributed by atoms with Gasteiger partial charge in [0.05, 0.1) is 12.1 Å². The number of ether oxygens (including phenoxy) is 1. The minimum atomic E-state index is -0.0966. The van der Waals surface area contributed by atoms with E-state index in [0.29, 0.717) is 18.1 Å². The summed E-state index contributed by atoms with van der Waals surface area (Å²) in [4.78, 5) is 28.0. The number of fused-ring (bicyclic) bond motifs is 1. The highest BCUT2D eigenvalue weighted by Gasteiger charge is 2.27. The minimum Gasteiger partial charge on any atom is -0.376 e. The molecule has 1 aromatic rings. The van der Waals surface area contributed by atoms with Gasteiger partial charge in [-0.05, 0) is 12.8 Å². The van der Waals surface area contributed by atoms with Crippen molar-refractivity contribution in [2.24, 2.45) is 0 Å². The molecule has 6 nitrogen and oxygen atoms in total. The molecule has 0 radical (unpaired) electrons. The summed E-state index contributed by atoms with van der Waals surface area (Å²) in [6.45, 7) is 1.35. The Morgan fingerprint density at radius 1 is 1.60 bits per heavy atom. The molecule has 1 aromatic heterocycles. The van der Waals surface area contributed by atoms with Gasteiger partial charge in [-0.15, -0.1) is 0 Å². The molecule has 1 fully saturated rings. The highest BCUT2D eigenvalue weighted by Crippen LogP contribution is 2.31. The number of nitrogens with one attached hydrogen (secondary N) is 1. The third-order valence-corrected chi connectivity index (χ3v) is 4.70. The number of hydrogen-bond acceptors (Lipinski definition) is 5. The van der Waals surface area contributed by atoms with Crippen LogP contribution in [0.15, 0.2) is 22.2 Å². The van der Waals surface area contributed by atoms with Crippen molar-refractivity contribution in [3.05, 3.63) is 22.6 Å². The maximum atomic E-state index is 12.0. The van der Waals surface area contributed by atoms with Crippen LogP contribution in [0.1, 0.15) is 25.3 Å². The molecule has 1 N–H and O–H groups in total. The Morgan fingerprint density at radius 2 is 2.50 bits per heavy atom. The molecule has 0 unspecified atom stereocenters. The van der Waals surface area contributed by atoms with Crippen molar-refractivity contribution in [1.29, 1.82) is 0 Å². The van der Waals surface area contributed by atoms with Crippen molar-refractivity contribution < 1.29 is 9.53 Å². The zero-order chi connectivity index (χ0) is 13.9. The summed E-state index contributed by atoms with van der Waals surface area (Å²) in [7, 11) is 0. The van der Waals surface area contributed by atoms with Crippen molar-refractivity contribution in [3.8, 4) is 0 Å². The summed E-state index contributed by atoms with van der Waals surface area (Å²) in [5, 5.41) is 3.60. The maximum absolute atomic E-state index is 12.0. The number of hydrogen-bond donors (Lipinski definition) is 1. The molecular weight excluding hydrogens is 278 g/mol. The maximum Gasteiger partial charge on any atom is 0.254 e. The second-order valence-corrected chi connectivity index (χ2v) is 6.03. The van der Waals surface area contributed by atoms with E-state index in [1.54, 1.807) is 4.57 Å². The Hall–Kier alpha value is -1.34. The second kappa shape index (κ2) is 5.97. The predicted octanol–water partition coefficient (Wildman–Crippen LogP) is 0.575. The minimum absolute atomic E-state index is 0.0327. The molecule has 2 atom stereocenters. The van der Waals surface area contributed by atoms with E-state index in [-0.39, 0.29) is 23.6 Å². The van der Waals surface area contributed by atoms with Gasteiger partial charge in [0.1, 0.15) is 0 Å². The number of rotatable bonds is 4. The van der Waals surface area contributed by atoms with Gasteiger partial charge in [-0.1, -0.05) is 11.8 Å². The normalized spacial score (nSPS) is 24.6. The average molecular weight is 295 g/mol. The molecule has 2 aliphatic heterocycles. The lowest BCUT2D eigenvalue weighted by molar-refractivity contribution is -0.122. The topological polar surface area (TPSA) is 73.2 Å². The molecule has 1 saturated heterocycles. The van der Waals surface area contributed by atoms with Crippen LogP contribution >= 0.6 is 11.8 Å². The summed E-state index contributed by atoms with van der Waals surface area (Å²) >= 11 is 1.52. The van der Waals surface area contributed by atoms with Crippen LogP contribution in [0, 0.1) is 0 Å². The molecule has 108 valence electrons. The average Bonchev–Trinajstić information content (AvgIpc) is 3.07. The van der Waals surface area contributed by atoms with Crippen LogP contribution in [-0.4, -0.2) is 40.5 Å². The fourth-order valence-corrected chi connectivity index (χ4v) is 3.68. The van der Waals surface area contributed by atoms with Gasteiger partial charge in [-0.25, -0.2) is 4.98 Å². The van der Waals surface area contributed by atoms with Gasteiger partial charge in [0.15, 0.2) is 5.16 Å². The van der Waals surface area contributed by atoms with Crippen LogP contribution in [0.3, 0.4) is 0 Å². The molecule has 2 aliphatic rings. The van der Waals surface area contributed by atoms with E-state index in [0.717, 1.165) is 25.2 Å². The Kier molecular flexibility index (Phi) is 4.07. The fraction of sp³-hybridized carbons (Fsp3) is 0.615. The molecule has 0 aliphatic carbocycles. The quantitative estimate of drug-likeness (QED) is 0.822. The monoisotopic (exact) mass is 295 g/mol. The summed E-state index contributed by atoms with van der Waals surface area (Å²) in [6.07, 6.45) is 4.05. The van der Waals surface area contributed by atoms with Gasteiger partial charge in [-0.3, -0.25) is 14.2 Å². The highest BCUT2D eigenvalue weighted by atomic mass is 32.2. The smallest absolute Gasteiger partial charge is 0.254 e. The van der Waals surface area contributed by atoms with Crippen molar-refractivity contribution in [2.75, 3.05) is 18.9 Å². The first-order valence-corrected chi connectivity index (χ1v) is 7.81. The van der Waals surface area contributed by atoms with E-state index in [2.05, 4.69) is 10.3 Å². The SMILES string of the molecule is O=C(C[C@H]1CSc2nccc(=O)n21)NC[C@@H]1CCCO1. The summed E-state index contributed by atoms with van der Waals surface area (Å²) < 4.78 is 7.09. The van der Waals surface area contributed by atoms with Gasteiger partial charge in [0.2, 0.25) is 5.91 Å². The lowest BCUT2D eigenvalue weighted by Crippen LogP contribution is -2.34. The number of aromatic nitrogens is 2. The molecular formula is C13H17N3O3S. The molecule has 0 bridgehead atoms. The fourth-order valence-electron chi connectivity index (χ4n) is 2.56. The third-order valence-electron chi connectivity index (χ3n) is 3.59. The van der Waals surface area contributed by atoms with E-state index < -0.39 is 0 Å². The van der Waals surface area contributed by atoms with Gasteiger partial charge < -0.3 is 10.1 Å². The van der Waals surface area contributed by atoms with Crippen LogP contribution in [0.2, 0.25) is 0 Å². The van der Waals surface area contributed by atoms with E-state index in [1.165, 1.54) is 24.0 Å². The Bertz CT molecular complexity index is 554. The van der Waals surface area contributed by atoms with E-state index in [1.807, 2.05) is 0 Å². The molecule has 0 saturated carbocycles. The molecule has 3 rings (SSSR count). The van der Waals surface area contributed by atoms with Gasteiger partial charge >= 0.3 is 0 Å². The van der Waals surface area contributed by atoms with E-state index >= 15 is 0 Å². The van der Waals surface area contributed by atoms with Gasteiger partial charge in [0, 0.05) is 37.6 Å². The predicted molar refractivity (Wildman–Crippen MR) is 74.9 cm³/mol. The van der Waals surface area contributed by atoms with Crippen molar-refractivity contribution in [2.45, 2.75) is 36.6 Å². The largest absolute Gasteiger partial charge is 0.376 e. The molecule has 0 aromatic carbocycles. The van der Waals surface area contributed by atoms with Gasteiger partial charge in [-0.2, -0.15) is 0 Å². The molecule has 20 heavy (non-hydrogen) atoms. The van der Waals surface area contributed by atoms with Crippen LogP contribution in [0.25, 0.3) is 0 Å².